The Balaban J connectivity index is 1.15. The van der Waals surface area contributed by atoms with Crippen LogP contribution in [0.2, 0.25) is 0 Å². The number of halogens is 1. The van der Waals surface area contributed by atoms with Crippen LogP contribution in [0.5, 0.6) is 0 Å². The minimum absolute atomic E-state index is 0.0443. The van der Waals surface area contributed by atoms with E-state index in [2.05, 4.69) is 40.4 Å². The minimum atomic E-state index is -0.120. The number of likely N-dealkylation sites (tertiary alicyclic amines) is 1. The largest absolute Gasteiger partial charge is 0.380 e. The molecule has 0 bridgehead atoms. The monoisotopic (exact) mass is 542 g/mol. The summed E-state index contributed by atoms with van der Waals surface area (Å²) in [6.45, 7) is 8.18. The van der Waals surface area contributed by atoms with E-state index in [-0.39, 0.29) is 58.8 Å². The minimum Gasteiger partial charge on any atom is -0.380 e. The summed E-state index contributed by atoms with van der Waals surface area (Å²) < 4.78 is 5.80. The Kier molecular flexibility index (Phi) is 8.72. The van der Waals surface area contributed by atoms with Gasteiger partial charge in [-0.05, 0) is 56.9 Å². The molecule has 0 aliphatic carbocycles. The molecular weight excluding hydrogens is 500 g/mol. The van der Waals surface area contributed by atoms with E-state index in [1.54, 1.807) is 18.9 Å². The predicted octanol–water partition coefficient (Wildman–Crippen LogP) is 0.494. The third-order valence-corrected chi connectivity index (χ3v) is 10.7. The lowest BCUT2D eigenvalue weighted by atomic mass is 9.70. The first-order valence-electron chi connectivity index (χ1n) is 13.7. The molecule has 11 heteroatoms. The Bertz CT molecular complexity index is 788. The van der Waals surface area contributed by atoms with Crippen LogP contribution in [0, 0.1) is 23.7 Å². The van der Waals surface area contributed by atoms with Crippen LogP contribution in [0.25, 0.3) is 0 Å². The number of nitrogens with zero attached hydrogens (tertiary/aromatic N) is 1. The number of hydrogen-bond acceptors (Lipinski definition) is 8. The SMILES string of the molecule is COC1CNC(Cl)CC1C1CC(C)NCC1C(=O)NC1NC2CN(C(=O)C3CCC(C)CN3)CC2S1. The fourth-order valence-corrected chi connectivity index (χ4v) is 8.58. The molecule has 0 aromatic carbocycles. The molecule has 5 rings (SSSR count). The zero-order valence-corrected chi connectivity index (χ0v) is 23.2. The second-order valence-electron chi connectivity index (χ2n) is 11.6. The van der Waals surface area contributed by atoms with Crippen LogP contribution in [0.3, 0.4) is 0 Å². The summed E-state index contributed by atoms with van der Waals surface area (Å²) in [6, 6.07) is 0.535. The van der Waals surface area contributed by atoms with Crippen molar-refractivity contribution in [2.45, 2.75) is 80.0 Å². The molecule has 0 aromatic heterocycles. The van der Waals surface area contributed by atoms with E-state index >= 15 is 0 Å². The van der Waals surface area contributed by atoms with Crippen molar-refractivity contribution in [3.05, 3.63) is 0 Å². The van der Waals surface area contributed by atoms with Crippen molar-refractivity contribution in [3.8, 4) is 0 Å². The highest BCUT2D eigenvalue weighted by Crippen LogP contribution is 2.38. The second-order valence-corrected chi connectivity index (χ2v) is 13.5. The molecule has 5 heterocycles. The standard InChI is InChI=1S/C25H43ClN6O3S/c1-13-4-5-18(28-8-13)24(34)32-11-19-21(12-32)36-25(30-19)31-23(33)17-9-27-14(2)6-15(17)16-7-22(26)29-10-20(16)35-3/h13-22,25,27-30H,4-12H2,1-3H3,(H,31,33). The molecule has 11 unspecified atom stereocenters. The van der Waals surface area contributed by atoms with Gasteiger partial charge in [-0.1, -0.05) is 6.92 Å². The first-order chi connectivity index (χ1) is 17.3. The van der Waals surface area contributed by atoms with Gasteiger partial charge in [-0.15, -0.1) is 23.4 Å². The summed E-state index contributed by atoms with van der Waals surface area (Å²) in [5.41, 5.74) is -0.204. The normalized spacial score (nSPS) is 45.3. The lowest BCUT2D eigenvalue weighted by molar-refractivity contribution is -0.133. The summed E-state index contributed by atoms with van der Waals surface area (Å²) in [7, 11) is 1.75. The molecule has 36 heavy (non-hydrogen) atoms. The van der Waals surface area contributed by atoms with Gasteiger partial charge in [0.2, 0.25) is 11.8 Å². The van der Waals surface area contributed by atoms with Crippen molar-refractivity contribution in [1.29, 1.82) is 0 Å². The molecule has 5 aliphatic rings. The lowest BCUT2D eigenvalue weighted by Gasteiger charge is -2.45. The number of piperidine rings is 3. The van der Waals surface area contributed by atoms with Crippen LogP contribution in [-0.2, 0) is 14.3 Å². The van der Waals surface area contributed by atoms with Crippen LogP contribution in [0.4, 0.5) is 0 Å². The van der Waals surface area contributed by atoms with Gasteiger partial charge in [0.25, 0.3) is 0 Å². The average Bonchev–Trinajstić information content (AvgIpc) is 3.42. The van der Waals surface area contributed by atoms with E-state index in [1.165, 1.54) is 0 Å². The molecule has 11 atom stereocenters. The van der Waals surface area contributed by atoms with E-state index in [9.17, 15) is 9.59 Å². The first-order valence-corrected chi connectivity index (χ1v) is 15.1. The number of ether oxygens (including phenoxy) is 1. The van der Waals surface area contributed by atoms with Crippen molar-refractivity contribution in [3.63, 3.8) is 0 Å². The van der Waals surface area contributed by atoms with E-state index < -0.39 is 0 Å². The van der Waals surface area contributed by atoms with Crippen molar-refractivity contribution in [1.82, 2.24) is 31.5 Å². The summed E-state index contributed by atoms with van der Waals surface area (Å²) in [4.78, 5) is 28.6. The molecule has 5 aliphatic heterocycles. The van der Waals surface area contributed by atoms with Gasteiger partial charge in [0.15, 0.2) is 0 Å². The maximum atomic E-state index is 13.5. The number of carbonyl (C=O) groups is 2. The van der Waals surface area contributed by atoms with Gasteiger partial charge in [-0.25, -0.2) is 0 Å². The van der Waals surface area contributed by atoms with Crippen molar-refractivity contribution < 1.29 is 14.3 Å². The predicted molar refractivity (Wildman–Crippen MR) is 143 cm³/mol. The van der Waals surface area contributed by atoms with E-state index in [0.717, 1.165) is 45.3 Å². The number of thioether (sulfide) groups is 1. The van der Waals surface area contributed by atoms with Crippen molar-refractivity contribution >= 4 is 35.2 Å². The highest BCUT2D eigenvalue weighted by atomic mass is 35.5. The van der Waals surface area contributed by atoms with Gasteiger partial charge in [-0.3, -0.25) is 20.2 Å². The maximum Gasteiger partial charge on any atom is 0.239 e. The average molecular weight is 543 g/mol. The molecule has 5 saturated heterocycles. The zero-order valence-electron chi connectivity index (χ0n) is 21.7. The first kappa shape index (κ1) is 27.0. The molecule has 0 spiro atoms. The number of amides is 2. The fourth-order valence-electron chi connectivity index (χ4n) is 6.88. The topological polar surface area (TPSA) is 107 Å². The molecule has 0 aromatic rings. The molecule has 204 valence electrons. The lowest BCUT2D eigenvalue weighted by Crippen LogP contribution is -2.57. The molecular formula is C25H43ClN6O3S. The number of fused-ring (bicyclic) bond motifs is 1. The Morgan fingerprint density at radius 2 is 1.86 bits per heavy atom. The van der Waals surface area contributed by atoms with Crippen LogP contribution in [0.15, 0.2) is 0 Å². The number of carbonyl (C=O) groups excluding carboxylic acids is 2. The van der Waals surface area contributed by atoms with E-state index in [4.69, 9.17) is 16.3 Å². The van der Waals surface area contributed by atoms with Gasteiger partial charge >= 0.3 is 0 Å². The summed E-state index contributed by atoms with van der Waals surface area (Å²) >= 11 is 8.22. The highest BCUT2D eigenvalue weighted by Gasteiger charge is 2.47. The Morgan fingerprint density at radius 1 is 1.03 bits per heavy atom. The number of alkyl halides is 1. The van der Waals surface area contributed by atoms with Crippen molar-refractivity contribution in [2.24, 2.45) is 23.7 Å². The molecule has 0 saturated carbocycles. The third-order valence-electron chi connectivity index (χ3n) is 9.00. The summed E-state index contributed by atoms with van der Waals surface area (Å²) in [6.07, 6.45) is 3.84. The van der Waals surface area contributed by atoms with E-state index in [1.807, 2.05) is 4.90 Å². The quantitative estimate of drug-likeness (QED) is 0.252. The zero-order chi connectivity index (χ0) is 25.4. The molecule has 5 fully saturated rings. The molecule has 0 radical (unpaired) electrons. The highest BCUT2D eigenvalue weighted by molar-refractivity contribution is 8.00. The Hall–Kier alpha value is -0.620. The second kappa shape index (κ2) is 11.6. The third kappa shape index (κ3) is 5.84. The Labute approximate surface area is 224 Å². The number of methoxy groups -OCH3 is 1. The van der Waals surface area contributed by atoms with E-state index in [0.29, 0.717) is 30.3 Å². The number of hydrogen-bond donors (Lipinski definition) is 5. The van der Waals surface area contributed by atoms with Crippen LogP contribution in [0.1, 0.15) is 39.5 Å². The molecule has 2 amide bonds. The van der Waals surface area contributed by atoms with Crippen molar-refractivity contribution in [2.75, 3.05) is 39.8 Å². The fraction of sp³-hybridized carbons (Fsp3) is 0.920. The smallest absolute Gasteiger partial charge is 0.239 e. The molecule has 5 N–H and O–H groups in total. The van der Waals surface area contributed by atoms with Gasteiger partial charge < -0.3 is 25.6 Å². The number of rotatable bonds is 5. The van der Waals surface area contributed by atoms with Gasteiger partial charge in [-0.2, -0.15) is 0 Å². The van der Waals surface area contributed by atoms with Gasteiger partial charge in [0.05, 0.1) is 23.6 Å². The van der Waals surface area contributed by atoms with Gasteiger partial charge in [0, 0.05) is 50.6 Å². The Morgan fingerprint density at radius 3 is 2.58 bits per heavy atom. The number of nitrogens with one attached hydrogen (secondary N) is 5. The summed E-state index contributed by atoms with van der Waals surface area (Å²) in [5, 5.41) is 17.4. The van der Waals surface area contributed by atoms with Gasteiger partial charge in [0.1, 0.15) is 5.50 Å². The molecule has 9 nitrogen and oxygen atoms in total. The summed E-state index contributed by atoms with van der Waals surface area (Å²) in [5.74, 6) is 1.32. The van der Waals surface area contributed by atoms with Crippen LogP contribution >= 0.6 is 23.4 Å². The van der Waals surface area contributed by atoms with Crippen LogP contribution < -0.4 is 26.6 Å². The maximum absolute atomic E-state index is 13.5. The van der Waals surface area contributed by atoms with Crippen LogP contribution in [-0.4, -0.2) is 97.0 Å².